The van der Waals surface area contributed by atoms with Crippen LogP contribution in [-0.4, -0.2) is 24.2 Å². The summed E-state index contributed by atoms with van der Waals surface area (Å²) in [7, 11) is 0. The minimum absolute atomic E-state index is 0.103. The zero-order chi connectivity index (χ0) is 13.6. The quantitative estimate of drug-likeness (QED) is 0.780. The van der Waals surface area contributed by atoms with Crippen molar-refractivity contribution in [1.29, 1.82) is 0 Å². The third kappa shape index (κ3) is 4.67. The molecule has 0 heterocycles. The maximum Gasteiger partial charge on any atom is 0.251 e. The van der Waals surface area contributed by atoms with Crippen LogP contribution in [0.15, 0.2) is 24.3 Å². The Balaban J connectivity index is 2.60. The molecule has 0 aromatic heterocycles. The summed E-state index contributed by atoms with van der Waals surface area (Å²) in [5, 5.41) is 11.8. The lowest BCUT2D eigenvalue weighted by molar-refractivity contribution is 0.0928. The molecule has 18 heavy (non-hydrogen) atoms. The first-order valence-electron chi connectivity index (χ1n) is 6.02. The molecule has 0 aliphatic rings. The summed E-state index contributed by atoms with van der Waals surface area (Å²) in [5.41, 5.74) is 1.45. The third-order valence-corrected chi connectivity index (χ3v) is 3.17. The first-order valence-corrected chi connectivity index (χ1v) is 6.56. The molecule has 0 saturated heterocycles. The molecule has 2 N–H and O–H groups in total. The van der Waals surface area contributed by atoms with Crippen molar-refractivity contribution in [2.45, 2.75) is 26.1 Å². The zero-order valence-corrected chi connectivity index (χ0v) is 11.6. The van der Waals surface area contributed by atoms with Crippen LogP contribution in [0, 0.1) is 5.41 Å². The maximum atomic E-state index is 11.9. The third-order valence-electron chi connectivity index (χ3n) is 2.86. The van der Waals surface area contributed by atoms with Gasteiger partial charge in [0.15, 0.2) is 0 Å². The summed E-state index contributed by atoms with van der Waals surface area (Å²) in [6.07, 6.45) is 0.662. The smallest absolute Gasteiger partial charge is 0.251 e. The van der Waals surface area contributed by atoms with Gasteiger partial charge in [0.2, 0.25) is 0 Å². The highest BCUT2D eigenvalue weighted by atomic mass is 35.5. The minimum atomic E-state index is -0.104. The normalized spacial score (nSPS) is 11.3. The fourth-order valence-corrected chi connectivity index (χ4v) is 1.77. The van der Waals surface area contributed by atoms with E-state index in [4.69, 9.17) is 16.7 Å². The van der Waals surface area contributed by atoms with Crippen LogP contribution in [0.25, 0.3) is 0 Å². The van der Waals surface area contributed by atoms with Crippen LogP contribution < -0.4 is 5.32 Å². The molecule has 0 unspecified atom stereocenters. The number of halogens is 1. The molecule has 0 spiro atoms. The summed E-state index contributed by atoms with van der Waals surface area (Å²) >= 11 is 5.73. The van der Waals surface area contributed by atoms with Gasteiger partial charge in [-0.15, -0.1) is 11.6 Å². The number of carbonyl (C=O) groups excluding carboxylic acids is 1. The summed E-state index contributed by atoms with van der Waals surface area (Å²) in [5.74, 6) is 0.296. The largest absolute Gasteiger partial charge is 0.396 e. The van der Waals surface area contributed by atoms with Crippen molar-refractivity contribution in [3.63, 3.8) is 0 Å². The van der Waals surface area contributed by atoms with Crippen LogP contribution in [0.1, 0.15) is 36.2 Å². The first-order chi connectivity index (χ1) is 8.48. The topological polar surface area (TPSA) is 49.3 Å². The molecule has 0 radical (unpaired) electrons. The number of alkyl halides is 1. The molecule has 1 rings (SSSR count). The molecule has 1 aromatic rings. The lowest BCUT2D eigenvalue weighted by Crippen LogP contribution is -2.34. The van der Waals surface area contributed by atoms with Gasteiger partial charge in [-0.3, -0.25) is 4.79 Å². The Morgan fingerprint density at radius 1 is 1.44 bits per heavy atom. The standard InChI is InChI=1S/C14H20ClNO2/c1-14(2,6-7-17)10-16-13(18)12-5-3-4-11(8-12)9-15/h3-5,8,17H,6-7,9-10H2,1-2H3,(H,16,18). The van der Waals surface area contributed by atoms with Gasteiger partial charge in [0.05, 0.1) is 0 Å². The zero-order valence-electron chi connectivity index (χ0n) is 10.9. The molecule has 1 aromatic carbocycles. The van der Waals surface area contributed by atoms with Crippen molar-refractivity contribution in [3.8, 4) is 0 Å². The van der Waals surface area contributed by atoms with Crippen LogP contribution in [0.4, 0.5) is 0 Å². The van der Waals surface area contributed by atoms with E-state index in [1.165, 1.54) is 0 Å². The highest BCUT2D eigenvalue weighted by Gasteiger charge is 2.18. The summed E-state index contributed by atoms with van der Waals surface area (Å²) in [4.78, 5) is 11.9. The summed E-state index contributed by atoms with van der Waals surface area (Å²) < 4.78 is 0. The molecule has 3 nitrogen and oxygen atoms in total. The van der Waals surface area contributed by atoms with Crippen molar-refractivity contribution in [3.05, 3.63) is 35.4 Å². The van der Waals surface area contributed by atoms with E-state index in [0.29, 0.717) is 24.4 Å². The number of aliphatic hydroxyl groups excluding tert-OH is 1. The number of hydrogen-bond donors (Lipinski definition) is 2. The van der Waals surface area contributed by atoms with E-state index in [-0.39, 0.29) is 17.9 Å². The van der Waals surface area contributed by atoms with Gasteiger partial charge in [-0.05, 0) is 29.5 Å². The molecular weight excluding hydrogens is 250 g/mol. The monoisotopic (exact) mass is 269 g/mol. The second-order valence-electron chi connectivity index (χ2n) is 5.15. The number of amides is 1. The average molecular weight is 270 g/mol. The molecule has 0 bridgehead atoms. The van der Waals surface area contributed by atoms with Crippen LogP contribution in [0.3, 0.4) is 0 Å². The van der Waals surface area contributed by atoms with Crippen molar-refractivity contribution >= 4 is 17.5 Å². The number of aliphatic hydroxyl groups is 1. The molecule has 0 fully saturated rings. The number of benzene rings is 1. The van der Waals surface area contributed by atoms with Gasteiger partial charge >= 0.3 is 0 Å². The Morgan fingerprint density at radius 3 is 2.78 bits per heavy atom. The Hall–Kier alpha value is -1.06. The fraction of sp³-hybridized carbons (Fsp3) is 0.500. The molecule has 0 aliphatic carbocycles. The van der Waals surface area contributed by atoms with E-state index < -0.39 is 0 Å². The van der Waals surface area contributed by atoms with Gasteiger partial charge in [0.1, 0.15) is 0 Å². The van der Waals surface area contributed by atoms with Gasteiger partial charge in [0.25, 0.3) is 5.91 Å². The van der Waals surface area contributed by atoms with Gasteiger partial charge in [-0.2, -0.15) is 0 Å². The Kier molecular flexibility index (Phi) is 5.63. The molecular formula is C14H20ClNO2. The molecule has 100 valence electrons. The molecule has 0 aliphatic heterocycles. The van der Waals surface area contributed by atoms with E-state index in [9.17, 15) is 4.79 Å². The Labute approximate surface area is 113 Å². The van der Waals surface area contributed by atoms with Gasteiger partial charge in [0, 0.05) is 24.6 Å². The second-order valence-corrected chi connectivity index (χ2v) is 5.42. The lowest BCUT2D eigenvalue weighted by atomic mass is 9.89. The summed E-state index contributed by atoms with van der Waals surface area (Å²) in [6.45, 7) is 4.69. The number of nitrogens with one attached hydrogen (secondary N) is 1. The van der Waals surface area contributed by atoms with Gasteiger partial charge in [-0.25, -0.2) is 0 Å². The highest BCUT2D eigenvalue weighted by Crippen LogP contribution is 2.18. The number of rotatable bonds is 6. The second kappa shape index (κ2) is 6.76. The Bertz CT molecular complexity index is 405. The van der Waals surface area contributed by atoms with E-state index in [1.807, 2.05) is 26.0 Å². The number of carbonyl (C=O) groups is 1. The van der Waals surface area contributed by atoms with E-state index in [0.717, 1.165) is 5.56 Å². The molecule has 0 atom stereocenters. The van der Waals surface area contributed by atoms with E-state index in [2.05, 4.69) is 5.32 Å². The highest BCUT2D eigenvalue weighted by molar-refractivity contribution is 6.17. The fourth-order valence-electron chi connectivity index (χ4n) is 1.61. The van der Waals surface area contributed by atoms with Crippen LogP contribution >= 0.6 is 11.6 Å². The summed E-state index contributed by atoms with van der Waals surface area (Å²) in [6, 6.07) is 7.27. The van der Waals surface area contributed by atoms with Gasteiger partial charge in [-0.1, -0.05) is 26.0 Å². The van der Waals surface area contributed by atoms with Crippen molar-refractivity contribution in [2.24, 2.45) is 5.41 Å². The SMILES string of the molecule is CC(C)(CCO)CNC(=O)c1cccc(CCl)c1. The number of hydrogen-bond acceptors (Lipinski definition) is 2. The van der Waals surface area contributed by atoms with Crippen molar-refractivity contribution in [2.75, 3.05) is 13.2 Å². The van der Waals surface area contributed by atoms with Crippen LogP contribution in [0.5, 0.6) is 0 Å². The van der Waals surface area contributed by atoms with Crippen molar-refractivity contribution in [1.82, 2.24) is 5.32 Å². The van der Waals surface area contributed by atoms with E-state index in [1.54, 1.807) is 12.1 Å². The minimum Gasteiger partial charge on any atom is -0.396 e. The van der Waals surface area contributed by atoms with Crippen LogP contribution in [0.2, 0.25) is 0 Å². The first kappa shape index (κ1) is 15.0. The molecule has 4 heteroatoms. The molecule has 0 saturated carbocycles. The van der Waals surface area contributed by atoms with Gasteiger partial charge < -0.3 is 10.4 Å². The van der Waals surface area contributed by atoms with Crippen molar-refractivity contribution < 1.29 is 9.90 Å². The lowest BCUT2D eigenvalue weighted by Gasteiger charge is -2.23. The predicted octanol–water partition coefficient (Wildman–Crippen LogP) is 2.56. The molecule has 1 amide bonds. The average Bonchev–Trinajstić information content (AvgIpc) is 2.36. The Morgan fingerprint density at radius 2 is 2.17 bits per heavy atom. The maximum absolute atomic E-state index is 11.9. The predicted molar refractivity (Wildman–Crippen MR) is 73.8 cm³/mol. The van der Waals surface area contributed by atoms with Crippen LogP contribution in [-0.2, 0) is 5.88 Å². The van der Waals surface area contributed by atoms with E-state index >= 15 is 0 Å².